The zero-order valence-corrected chi connectivity index (χ0v) is 11.5. The van der Waals surface area contributed by atoms with E-state index in [2.05, 4.69) is 24.9 Å². The predicted octanol–water partition coefficient (Wildman–Crippen LogP) is 3.28. The maximum atomic E-state index is 11.3. The number of aryl methyl sites for hydroxylation is 1. The van der Waals surface area contributed by atoms with Crippen molar-refractivity contribution in [1.82, 2.24) is 4.98 Å². The van der Waals surface area contributed by atoms with Crippen molar-refractivity contribution in [3.05, 3.63) is 53.3 Å². The number of hydrogen-bond donors (Lipinski definition) is 1. The quantitative estimate of drug-likeness (QED) is 0.913. The van der Waals surface area contributed by atoms with Gasteiger partial charge in [0.1, 0.15) is 0 Å². The summed E-state index contributed by atoms with van der Waals surface area (Å²) in [5.74, 6) is 0.0126. The van der Waals surface area contributed by atoms with Gasteiger partial charge in [-0.25, -0.2) is 0 Å². The number of carbonyl (C=O) groups excluding carboxylic acids is 1. The summed E-state index contributed by atoms with van der Waals surface area (Å²) in [5, 5.41) is 0. The Morgan fingerprint density at radius 1 is 1.26 bits per heavy atom. The van der Waals surface area contributed by atoms with E-state index in [0.717, 1.165) is 16.8 Å². The van der Waals surface area contributed by atoms with Gasteiger partial charge in [-0.15, -0.1) is 0 Å². The fraction of sp³-hybridized carbons (Fsp3) is 0.250. The number of amides is 1. The van der Waals surface area contributed by atoms with Crippen LogP contribution in [0.5, 0.6) is 0 Å². The molecule has 19 heavy (non-hydrogen) atoms. The molecule has 0 aliphatic carbocycles. The molecule has 1 aromatic carbocycles. The molecule has 1 aromatic heterocycles. The fourth-order valence-corrected chi connectivity index (χ4v) is 2.00. The molecule has 0 saturated heterocycles. The number of hydrogen-bond acceptors (Lipinski definition) is 2. The molecule has 2 N–H and O–H groups in total. The second-order valence-electron chi connectivity index (χ2n) is 5.00. The molecule has 1 heterocycles. The Labute approximate surface area is 113 Å². The van der Waals surface area contributed by atoms with Crippen LogP contribution in [0, 0.1) is 6.92 Å². The van der Waals surface area contributed by atoms with Crippen molar-refractivity contribution in [3.8, 4) is 11.1 Å². The Morgan fingerprint density at radius 2 is 2.00 bits per heavy atom. The molecule has 3 nitrogen and oxygen atoms in total. The van der Waals surface area contributed by atoms with Crippen molar-refractivity contribution in [3.63, 3.8) is 0 Å². The van der Waals surface area contributed by atoms with Crippen molar-refractivity contribution >= 4 is 5.91 Å². The lowest BCUT2D eigenvalue weighted by Gasteiger charge is -2.11. The van der Waals surface area contributed by atoms with E-state index in [1.807, 2.05) is 31.3 Å². The lowest BCUT2D eigenvalue weighted by Crippen LogP contribution is -2.10. The summed E-state index contributed by atoms with van der Waals surface area (Å²) in [6.45, 7) is 6.24. The Morgan fingerprint density at radius 3 is 2.63 bits per heavy atom. The summed E-state index contributed by atoms with van der Waals surface area (Å²) < 4.78 is 0. The first-order valence-electron chi connectivity index (χ1n) is 6.36. The van der Waals surface area contributed by atoms with E-state index in [1.165, 1.54) is 5.56 Å². The number of nitrogens with zero attached hydrogens (tertiary/aromatic N) is 1. The minimum absolute atomic E-state index is 0.410. The van der Waals surface area contributed by atoms with Gasteiger partial charge in [0.05, 0.1) is 0 Å². The van der Waals surface area contributed by atoms with Gasteiger partial charge in [-0.3, -0.25) is 9.78 Å². The smallest absolute Gasteiger partial charge is 0.248 e. The molecule has 0 radical (unpaired) electrons. The first-order valence-corrected chi connectivity index (χ1v) is 6.36. The average Bonchev–Trinajstić information content (AvgIpc) is 2.39. The molecule has 1 amide bonds. The van der Waals surface area contributed by atoms with Crippen LogP contribution in [0.25, 0.3) is 11.1 Å². The second-order valence-corrected chi connectivity index (χ2v) is 5.00. The maximum Gasteiger partial charge on any atom is 0.248 e. The monoisotopic (exact) mass is 254 g/mol. The van der Waals surface area contributed by atoms with Crippen molar-refractivity contribution in [2.24, 2.45) is 5.73 Å². The Bertz CT molecular complexity index is 618. The number of primary amides is 1. The Hall–Kier alpha value is -2.16. The fourth-order valence-electron chi connectivity index (χ4n) is 2.00. The highest BCUT2D eigenvalue weighted by Crippen LogP contribution is 2.26. The third-order valence-electron chi connectivity index (χ3n) is 3.23. The third-order valence-corrected chi connectivity index (χ3v) is 3.23. The highest BCUT2D eigenvalue weighted by Gasteiger charge is 2.09. The summed E-state index contributed by atoms with van der Waals surface area (Å²) in [4.78, 5) is 15.7. The van der Waals surface area contributed by atoms with Crippen LogP contribution < -0.4 is 5.73 Å². The minimum Gasteiger partial charge on any atom is -0.366 e. The van der Waals surface area contributed by atoms with Crippen LogP contribution in [-0.4, -0.2) is 10.9 Å². The topological polar surface area (TPSA) is 56.0 Å². The number of carbonyl (C=O) groups is 1. The zero-order valence-electron chi connectivity index (χ0n) is 11.5. The van der Waals surface area contributed by atoms with Gasteiger partial charge in [-0.05, 0) is 42.2 Å². The minimum atomic E-state index is -0.410. The van der Waals surface area contributed by atoms with Gasteiger partial charge < -0.3 is 5.73 Å². The van der Waals surface area contributed by atoms with E-state index in [4.69, 9.17) is 5.73 Å². The van der Waals surface area contributed by atoms with E-state index in [9.17, 15) is 4.79 Å². The summed E-state index contributed by atoms with van der Waals surface area (Å²) in [7, 11) is 0. The summed E-state index contributed by atoms with van der Waals surface area (Å²) in [6.07, 6.45) is 1.90. The molecule has 0 bridgehead atoms. The zero-order chi connectivity index (χ0) is 14.0. The van der Waals surface area contributed by atoms with E-state index in [1.54, 1.807) is 6.07 Å². The second kappa shape index (κ2) is 5.22. The highest BCUT2D eigenvalue weighted by atomic mass is 16.1. The Kier molecular flexibility index (Phi) is 3.65. The van der Waals surface area contributed by atoms with Crippen LogP contribution in [0.15, 0.2) is 36.5 Å². The van der Waals surface area contributed by atoms with Crippen LogP contribution in [0.4, 0.5) is 0 Å². The van der Waals surface area contributed by atoms with Gasteiger partial charge in [0, 0.05) is 23.0 Å². The van der Waals surface area contributed by atoms with Crippen LogP contribution in [0.2, 0.25) is 0 Å². The summed E-state index contributed by atoms with van der Waals surface area (Å²) in [5.41, 5.74) is 10.0. The number of benzene rings is 1. The lowest BCUT2D eigenvalue weighted by atomic mass is 9.97. The first-order chi connectivity index (χ1) is 8.99. The number of pyridine rings is 1. The van der Waals surface area contributed by atoms with E-state index < -0.39 is 5.91 Å². The molecule has 2 aromatic rings. The van der Waals surface area contributed by atoms with Gasteiger partial charge in [0.15, 0.2) is 0 Å². The van der Waals surface area contributed by atoms with Crippen LogP contribution in [0.1, 0.15) is 41.4 Å². The van der Waals surface area contributed by atoms with Gasteiger partial charge in [0.25, 0.3) is 0 Å². The van der Waals surface area contributed by atoms with Crippen LogP contribution in [0.3, 0.4) is 0 Å². The molecule has 0 spiro atoms. The van der Waals surface area contributed by atoms with Gasteiger partial charge in [-0.1, -0.05) is 26.0 Å². The van der Waals surface area contributed by atoms with Crippen molar-refractivity contribution in [1.29, 1.82) is 0 Å². The lowest BCUT2D eigenvalue weighted by molar-refractivity contribution is 0.100. The molecule has 2 rings (SSSR count). The average molecular weight is 254 g/mol. The van der Waals surface area contributed by atoms with Crippen molar-refractivity contribution in [2.75, 3.05) is 0 Å². The normalized spacial score (nSPS) is 10.7. The molecule has 3 heteroatoms. The number of nitrogens with two attached hydrogens (primary N) is 1. The molecule has 0 unspecified atom stereocenters. The molecular formula is C16H18N2O. The number of aromatic nitrogens is 1. The molecule has 0 fully saturated rings. The Balaban J connectivity index is 2.54. The van der Waals surface area contributed by atoms with Crippen molar-refractivity contribution < 1.29 is 4.79 Å². The van der Waals surface area contributed by atoms with E-state index >= 15 is 0 Å². The van der Waals surface area contributed by atoms with Gasteiger partial charge in [0.2, 0.25) is 5.91 Å². The van der Waals surface area contributed by atoms with E-state index in [-0.39, 0.29) is 0 Å². The molecule has 0 saturated carbocycles. The largest absolute Gasteiger partial charge is 0.366 e. The van der Waals surface area contributed by atoms with Crippen molar-refractivity contribution in [2.45, 2.75) is 26.7 Å². The standard InChI is InChI=1S/C16H18N2O/c1-10(2)14-8-15(11(3)18-9-14)12-5-4-6-13(7-12)16(17)19/h4-10H,1-3H3,(H2,17,19). The first kappa shape index (κ1) is 13.3. The molecule has 0 atom stereocenters. The maximum absolute atomic E-state index is 11.3. The summed E-state index contributed by atoms with van der Waals surface area (Å²) in [6, 6.07) is 9.49. The predicted molar refractivity (Wildman–Crippen MR) is 77.0 cm³/mol. The van der Waals surface area contributed by atoms with Crippen LogP contribution >= 0.6 is 0 Å². The summed E-state index contributed by atoms with van der Waals surface area (Å²) >= 11 is 0. The van der Waals surface area contributed by atoms with Gasteiger partial charge >= 0.3 is 0 Å². The molecule has 0 aliphatic rings. The van der Waals surface area contributed by atoms with Crippen LogP contribution in [-0.2, 0) is 0 Å². The molecule has 0 aliphatic heterocycles. The van der Waals surface area contributed by atoms with E-state index in [0.29, 0.717) is 11.5 Å². The van der Waals surface area contributed by atoms with Gasteiger partial charge in [-0.2, -0.15) is 0 Å². The number of rotatable bonds is 3. The highest BCUT2D eigenvalue weighted by molar-refractivity contribution is 5.94. The SMILES string of the molecule is Cc1ncc(C(C)C)cc1-c1cccc(C(N)=O)c1. The molecule has 98 valence electrons. The molecular weight excluding hydrogens is 236 g/mol. The third kappa shape index (κ3) is 2.81.